The lowest BCUT2D eigenvalue weighted by molar-refractivity contribution is -0.137. The van der Waals surface area contributed by atoms with Gasteiger partial charge in [0, 0.05) is 19.5 Å². The van der Waals surface area contributed by atoms with Crippen molar-refractivity contribution in [2.75, 3.05) is 19.6 Å². The molecule has 1 N–H and O–H groups in total. The quantitative estimate of drug-likeness (QED) is 0.854. The van der Waals surface area contributed by atoms with E-state index in [1.54, 1.807) is 0 Å². The molecule has 1 aromatic carbocycles. The van der Waals surface area contributed by atoms with E-state index in [9.17, 15) is 4.79 Å². The Bertz CT molecular complexity index is 428. The van der Waals surface area contributed by atoms with Crippen LogP contribution in [0.4, 0.5) is 0 Å². The highest BCUT2D eigenvalue weighted by Crippen LogP contribution is 2.20. The second kappa shape index (κ2) is 7.10. The Morgan fingerprint density at radius 1 is 1.37 bits per heavy atom. The zero-order chi connectivity index (χ0) is 13.5. The van der Waals surface area contributed by atoms with Crippen LogP contribution < -0.4 is 0 Å². The molecule has 3 heteroatoms. The summed E-state index contributed by atoms with van der Waals surface area (Å²) >= 11 is 0. The Morgan fingerprint density at radius 3 is 2.89 bits per heavy atom. The first-order chi connectivity index (χ1) is 9.24. The molecule has 0 spiro atoms. The number of carboxylic acid groups (broad SMARTS) is 1. The number of likely N-dealkylation sites (tertiary alicyclic amines) is 1. The fourth-order valence-electron chi connectivity index (χ4n) is 2.54. The van der Waals surface area contributed by atoms with Crippen molar-refractivity contribution in [2.24, 2.45) is 5.92 Å². The Balaban J connectivity index is 1.70. The van der Waals surface area contributed by atoms with Crippen molar-refractivity contribution >= 4 is 12.0 Å². The minimum absolute atomic E-state index is 0.304. The second-order valence-corrected chi connectivity index (χ2v) is 5.16. The highest BCUT2D eigenvalue weighted by Gasteiger charge is 2.21. The van der Waals surface area contributed by atoms with Crippen LogP contribution in [0.15, 0.2) is 36.4 Å². The molecule has 102 valence electrons. The van der Waals surface area contributed by atoms with E-state index in [2.05, 4.69) is 29.2 Å². The van der Waals surface area contributed by atoms with E-state index in [0.717, 1.165) is 32.5 Å². The van der Waals surface area contributed by atoms with Gasteiger partial charge in [0.05, 0.1) is 0 Å². The van der Waals surface area contributed by atoms with Crippen LogP contribution in [0.25, 0.3) is 6.08 Å². The van der Waals surface area contributed by atoms with Crippen LogP contribution in [0.2, 0.25) is 0 Å². The summed E-state index contributed by atoms with van der Waals surface area (Å²) in [6.45, 7) is 3.08. The molecule has 0 amide bonds. The smallest absolute Gasteiger partial charge is 0.303 e. The van der Waals surface area contributed by atoms with E-state index in [-0.39, 0.29) is 0 Å². The first kappa shape index (κ1) is 13.8. The highest BCUT2D eigenvalue weighted by molar-refractivity contribution is 5.66. The molecule has 0 saturated carbocycles. The van der Waals surface area contributed by atoms with Gasteiger partial charge >= 0.3 is 5.97 Å². The van der Waals surface area contributed by atoms with Crippen LogP contribution in [-0.2, 0) is 4.79 Å². The molecule has 1 aliphatic heterocycles. The summed E-state index contributed by atoms with van der Waals surface area (Å²) in [6, 6.07) is 10.3. The third kappa shape index (κ3) is 4.87. The number of aliphatic carboxylic acids is 1. The monoisotopic (exact) mass is 259 g/mol. The lowest BCUT2D eigenvalue weighted by Crippen LogP contribution is -2.20. The van der Waals surface area contributed by atoms with Crippen molar-refractivity contribution in [1.82, 2.24) is 4.90 Å². The molecule has 0 bridgehead atoms. The third-order valence-electron chi connectivity index (χ3n) is 3.61. The molecule has 1 fully saturated rings. The minimum atomic E-state index is -0.678. The van der Waals surface area contributed by atoms with E-state index in [1.165, 1.54) is 5.56 Å². The van der Waals surface area contributed by atoms with Gasteiger partial charge in [-0.15, -0.1) is 0 Å². The average molecular weight is 259 g/mol. The predicted octanol–water partition coefficient (Wildman–Crippen LogP) is 2.89. The SMILES string of the molecule is O=C(O)CCC1CCN(C/C=C/c2ccccc2)C1. The Kier molecular flexibility index (Phi) is 5.16. The van der Waals surface area contributed by atoms with Crippen LogP contribution in [0.3, 0.4) is 0 Å². The van der Waals surface area contributed by atoms with E-state index < -0.39 is 5.97 Å². The normalized spacial score (nSPS) is 20.1. The second-order valence-electron chi connectivity index (χ2n) is 5.16. The van der Waals surface area contributed by atoms with E-state index in [4.69, 9.17) is 5.11 Å². The van der Waals surface area contributed by atoms with Crippen molar-refractivity contribution in [2.45, 2.75) is 19.3 Å². The van der Waals surface area contributed by atoms with Gasteiger partial charge in [-0.1, -0.05) is 42.5 Å². The summed E-state index contributed by atoms with van der Waals surface area (Å²) in [5.74, 6) is -0.122. The fraction of sp³-hybridized carbons (Fsp3) is 0.438. The highest BCUT2D eigenvalue weighted by atomic mass is 16.4. The molecule has 3 nitrogen and oxygen atoms in total. The molecule has 1 unspecified atom stereocenters. The maximum Gasteiger partial charge on any atom is 0.303 e. The summed E-state index contributed by atoms with van der Waals surface area (Å²) in [6.07, 6.45) is 6.58. The van der Waals surface area contributed by atoms with Crippen molar-refractivity contribution in [1.29, 1.82) is 0 Å². The van der Waals surface area contributed by atoms with Gasteiger partial charge in [-0.25, -0.2) is 0 Å². The molecule has 0 aromatic heterocycles. The van der Waals surface area contributed by atoms with Crippen molar-refractivity contribution in [3.8, 4) is 0 Å². The molecule has 0 radical (unpaired) electrons. The van der Waals surface area contributed by atoms with Gasteiger partial charge in [-0.05, 0) is 30.9 Å². The number of nitrogens with zero attached hydrogens (tertiary/aromatic N) is 1. The van der Waals surface area contributed by atoms with Crippen molar-refractivity contribution in [3.05, 3.63) is 42.0 Å². The third-order valence-corrected chi connectivity index (χ3v) is 3.61. The first-order valence-electron chi connectivity index (χ1n) is 6.90. The summed E-state index contributed by atoms with van der Waals surface area (Å²) in [5, 5.41) is 8.68. The maximum atomic E-state index is 10.5. The topological polar surface area (TPSA) is 40.5 Å². The van der Waals surface area contributed by atoms with Gasteiger partial charge in [0.2, 0.25) is 0 Å². The van der Waals surface area contributed by atoms with Gasteiger partial charge in [-0.3, -0.25) is 9.69 Å². The molecule has 1 heterocycles. The standard InChI is InChI=1S/C16H21NO2/c18-16(19)9-8-15-10-12-17(13-15)11-4-7-14-5-2-1-3-6-14/h1-7,15H,8-13H2,(H,18,19)/b7-4+. The lowest BCUT2D eigenvalue weighted by atomic mass is 10.0. The van der Waals surface area contributed by atoms with Gasteiger partial charge in [0.25, 0.3) is 0 Å². The van der Waals surface area contributed by atoms with Crippen LogP contribution >= 0.6 is 0 Å². The summed E-state index contributed by atoms with van der Waals surface area (Å²) in [5.41, 5.74) is 1.23. The van der Waals surface area contributed by atoms with E-state index in [0.29, 0.717) is 12.3 Å². The summed E-state index contributed by atoms with van der Waals surface area (Å²) < 4.78 is 0. The van der Waals surface area contributed by atoms with Crippen LogP contribution in [-0.4, -0.2) is 35.6 Å². The molecular weight excluding hydrogens is 238 g/mol. The minimum Gasteiger partial charge on any atom is -0.481 e. The zero-order valence-electron chi connectivity index (χ0n) is 11.2. The molecule has 1 saturated heterocycles. The number of carboxylic acids is 1. The number of benzene rings is 1. The van der Waals surface area contributed by atoms with E-state index >= 15 is 0 Å². The Labute approximate surface area is 114 Å². The Hall–Kier alpha value is -1.61. The summed E-state index contributed by atoms with van der Waals surface area (Å²) in [7, 11) is 0. The maximum absolute atomic E-state index is 10.5. The van der Waals surface area contributed by atoms with Gasteiger partial charge in [0.15, 0.2) is 0 Å². The number of hydrogen-bond acceptors (Lipinski definition) is 2. The number of hydrogen-bond donors (Lipinski definition) is 1. The van der Waals surface area contributed by atoms with Gasteiger partial charge < -0.3 is 5.11 Å². The van der Waals surface area contributed by atoms with E-state index in [1.807, 2.05) is 18.2 Å². The molecule has 19 heavy (non-hydrogen) atoms. The summed E-state index contributed by atoms with van der Waals surface area (Å²) in [4.78, 5) is 12.9. The van der Waals surface area contributed by atoms with Crippen molar-refractivity contribution in [3.63, 3.8) is 0 Å². The van der Waals surface area contributed by atoms with Crippen LogP contribution in [0.5, 0.6) is 0 Å². The average Bonchev–Trinajstić information content (AvgIpc) is 2.86. The molecule has 1 atom stereocenters. The predicted molar refractivity (Wildman–Crippen MR) is 76.9 cm³/mol. The first-order valence-corrected chi connectivity index (χ1v) is 6.90. The molecule has 1 aliphatic rings. The lowest BCUT2D eigenvalue weighted by Gasteiger charge is -2.13. The van der Waals surface area contributed by atoms with Crippen LogP contribution in [0, 0.1) is 5.92 Å². The molecular formula is C16H21NO2. The number of carbonyl (C=O) groups is 1. The fourth-order valence-corrected chi connectivity index (χ4v) is 2.54. The molecule has 1 aromatic rings. The largest absolute Gasteiger partial charge is 0.481 e. The van der Waals surface area contributed by atoms with Crippen LogP contribution in [0.1, 0.15) is 24.8 Å². The zero-order valence-corrected chi connectivity index (χ0v) is 11.2. The van der Waals surface area contributed by atoms with Crippen molar-refractivity contribution < 1.29 is 9.90 Å². The van der Waals surface area contributed by atoms with Gasteiger partial charge in [-0.2, -0.15) is 0 Å². The number of rotatable bonds is 6. The molecule has 2 rings (SSSR count). The van der Waals surface area contributed by atoms with Gasteiger partial charge in [0.1, 0.15) is 0 Å². The molecule has 0 aliphatic carbocycles. The Morgan fingerprint density at radius 2 is 2.16 bits per heavy atom.